The molecule has 0 aliphatic heterocycles. The van der Waals surface area contributed by atoms with Crippen LogP contribution in [0.4, 0.5) is 0 Å². The Labute approximate surface area is 123 Å². The Morgan fingerprint density at radius 3 is 2.05 bits per heavy atom. The van der Waals surface area contributed by atoms with Gasteiger partial charge in [0.05, 0.1) is 13.2 Å². The van der Waals surface area contributed by atoms with Gasteiger partial charge in [-0.15, -0.1) is 0 Å². The van der Waals surface area contributed by atoms with E-state index >= 15 is 0 Å². The van der Waals surface area contributed by atoms with E-state index in [0.717, 1.165) is 12.8 Å². The van der Waals surface area contributed by atoms with Crippen molar-refractivity contribution >= 4 is 11.9 Å². The van der Waals surface area contributed by atoms with Crippen molar-refractivity contribution in [2.45, 2.75) is 72.6 Å². The van der Waals surface area contributed by atoms with E-state index in [1.165, 1.54) is 32.6 Å². The second-order valence-corrected chi connectivity index (χ2v) is 6.12. The zero-order valence-electron chi connectivity index (χ0n) is 13.5. The third kappa shape index (κ3) is 12.0. The number of rotatable bonds is 11. The Balaban J connectivity index is 3.63. The predicted molar refractivity (Wildman–Crippen MR) is 79.4 cm³/mol. The fourth-order valence-electron chi connectivity index (χ4n) is 1.74. The van der Waals surface area contributed by atoms with Gasteiger partial charge < -0.3 is 9.47 Å². The van der Waals surface area contributed by atoms with Crippen LogP contribution >= 0.6 is 0 Å². The van der Waals surface area contributed by atoms with Gasteiger partial charge in [0, 0.05) is 18.8 Å². The Bertz CT molecular complexity index is 284. The molecule has 4 heteroatoms. The van der Waals surface area contributed by atoms with Gasteiger partial charge in [0.2, 0.25) is 0 Å². The van der Waals surface area contributed by atoms with E-state index in [0.29, 0.717) is 6.42 Å². The van der Waals surface area contributed by atoms with Crippen molar-refractivity contribution in [3.63, 3.8) is 0 Å². The first-order valence-electron chi connectivity index (χ1n) is 7.66. The first-order valence-corrected chi connectivity index (χ1v) is 7.66. The number of hydrogen-bond acceptors (Lipinski definition) is 4. The molecule has 0 N–H and O–H groups in total. The lowest BCUT2D eigenvalue weighted by Gasteiger charge is -2.23. The molecule has 0 radical (unpaired) electrons. The van der Waals surface area contributed by atoms with Crippen molar-refractivity contribution in [2.24, 2.45) is 5.41 Å². The largest absolute Gasteiger partial charge is 0.465 e. The lowest BCUT2D eigenvalue weighted by atomic mass is 9.96. The number of esters is 2. The van der Waals surface area contributed by atoms with Crippen molar-refractivity contribution in [2.75, 3.05) is 13.2 Å². The summed E-state index contributed by atoms with van der Waals surface area (Å²) in [6.07, 6.45) is 7.42. The highest BCUT2D eigenvalue weighted by atomic mass is 16.5. The summed E-state index contributed by atoms with van der Waals surface area (Å²) in [6.45, 7) is 7.94. The summed E-state index contributed by atoms with van der Waals surface area (Å²) < 4.78 is 10.2. The van der Waals surface area contributed by atoms with Crippen molar-refractivity contribution in [3.8, 4) is 0 Å². The van der Waals surface area contributed by atoms with Gasteiger partial charge in [-0.2, -0.15) is 0 Å². The summed E-state index contributed by atoms with van der Waals surface area (Å²) in [7, 11) is 0. The number of hydrogen-bond donors (Lipinski definition) is 0. The molecule has 0 saturated carbocycles. The van der Waals surface area contributed by atoms with Crippen molar-refractivity contribution in [3.05, 3.63) is 0 Å². The van der Waals surface area contributed by atoms with Crippen LogP contribution in [0.1, 0.15) is 72.6 Å². The van der Waals surface area contributed by atoms with E-state index in [-0.39, 0.29) is 30.6 Å². The smallest absolute Gasteiger partial charge is 0.305 e. The number of carbonyl (C=O) groups excluding carboxylic acids is 2. The molecular weight excluding hydrogens is 256 g/mol. The molecule has 0 amide bonds. The predicted octanol–water partition coefficient (Wildman–Crippen LogP) is 3.87. The van der Waals surface area contributed by atoms with Crippen LogP contribution in [-0.2, 0) is 19.1 Å². The average molecular weight is 286 g/mol. The molecule has 0 saturated heterocycles. The van der Waals surface area contributed by atoms with E-state index in [9.17, 15) is 9.59 Å². The first-order chi connectivity index (χ1) is 9.37. The van der Waals surface area contributed by atoms with E-state index in [1.807, 2.05) is 13.8 Å². The number of unbranched alkanes of at least 4 members (excludes halogenated alkanes) is 5. The fraction of sp³-hybridized carbons (Fsp3) is 0.875. The monoisotopic (exact) mass is 286 g/mol. The van der Waals surface area contributed by atoms with Gasteiger partial charge in [0.25, 0.3) is 0 Å². The van der Waals surface area contributed by atoms with E-state index in [2.05, 4.69) is 6.92 Å². The third-order valence-electron chi connectivity index (χ3n) is 3.02. The summed E-state index contributed by atoms with van der Waals surface area (Å²) >= 11 is 0. The highest BCUT2D eigenvalue weighted by molar-refractivity contribution is 5.69. The molecule has 4 nitrogen and oxygen atoms in total. The molecule has 20 heavy (non-hydrogen) atoms. The van der Waals surface area contributed by atoms with Crippen LogP contribution in [0.15, 0.2) is 0 Å². The van der Waals surface area contributed by atoms with Gasteiger partial charge in [-0.1, -0.05) is 52.9 Å². The summed E-state index contributed by atoms with van der Waals surface area (Å²) in [5.41, 5.74) is -0.331. The molecule has 0 rings (SSSR count). The minimum Gasteiger partial charge on any atom is -0.465 e. The second-order valence-electron chi connectivity index (χ2n) is 6.12. The summed E-state index contributed by atoms with van der Waals surface area (Å²) in [5, 5.41) is 0. The zero-order chi connectivity index (χ0) is 15.4. The summed E-state index contributed by atoms with van der Waals surface area (Å²) in [6, 6.07) is 0. The Morgan fingerprint density at radius 1 is 0.900 bits per heavy atom. The Morgan fingerprint density at radius 2 is 1.45 bits per heavy atom. The lowest BCUT2D eigenvalue weighted by Crippen LogP contribution is -2.28. The number of carbonyl (C=O) groups is 2. The van der Waals surface area contributed by atoms with Crippen LogP contribution in [0.5, 0.6) is 0 Å². The highest BCUT2D eigenvalue weighted by Crippen LogP contribution is 2.17. The minimum absolute atomic E-state index is 0.156. The molecule has 0 aromatic rings. The normalized spacial score (nSPS) is 11.2. The topological polar surface area (TPSA) is 52.6 Å². The minimum atomic E-state index is -0.331. The molecule has 0 spiro atoms. The van der Waals surface area contributed by atoms with Gasteiger partial charge >= 0.3 is 11.9 Å². The van der Waals surface area contributed by atoms with E-state index in [1.54, 1.807) is 0 Å². The van der Waals surface area contributed by atoms with Crippen LogP contribution in [0.3, 0.4) is 0 Å². The summed E-state index contributed by atoms with van der Waals surface area (Å²) in [4.78, 5) is 22.3. The molecule has 0 aromatic heterocycles. The Kier molecular flexibility index (Phi) is 10.1. The maximum Gasteiger partial charge on any atom is 0.305 e. The van der Waals surface area contributed by atoms with Crippen molar-refractivity contribution in [1.82, 2.24) is 0 Å². The molecule has 0 bridgehead atoms. The van der Waals surface area contributed by atoms with Gasteiger partial charge in [-0.25, -0.2) is 0 Å². The van der Waals surface area contributed by atoms with Crippen LogP contribution in [0.25, 0.3) is 0 Å². The molecule has 0 aliphatic carbocycles. The maximum atomic E-state index is 11.6. The van der Waals surface area contributed by atoms with Gasteiger partial charge in [-0.3, -0.25) is 9.59 Å². The Hall–Kier alpha value is -1.06. The fourth-order valence-corrected chi connectivity index (χ4v) is 1.74. The zero-order valence-corrected chi connectivity index (χ0v) is 13.5. The van der Waals surface area contributed by atoms with Crippen molar-refractivity contribution in [1.29, 1.82) is 0 Å². The molecule has 0 fully saturated rings. The molecule has 0 heterocycles. The second kappa shape index (κ2) is 10.7. The van der Waals surface area contributed by atoms with Crippen molar-refractivity contribution < 1.29 is 19.1 Å². The van der Waals surface area contributed by atoms with Crippen LogP contribution in [-0.4, -0.2) is 25.2 Å². The van der Waals surface area contributed by atoms with Gasteiger partial charge in [0.15, 0.2) is 0 Å². The average Bonchev–Trinajstić information content (AvgIpc) is 2.38. The molecular formula is C16H30O4. The molecule has 0 aromatic carbocycles. The van der Waals surface area contributed by atoms with Gasteiger partial charge in [0.1, 0.15) is 0 Å². The quantitative estimate of drug-likeness (QED) is 0.427. The number of ether oxygens (including phenoxy) is 2. The molecule has 0 atom stereocenters. The van der Waals surface area contributed by atoms with Gasteiger partial charge in [-0.05, 0) is 6.42 Å². The van der Waals surface area contributed by atoms with Crippen LogP contribution in [0, 0.1) is 5.41 Å². The SMILES string of the molecule is CCCCCCCCC(=O)OCC(C)(C)COC(C)=O. The van der Waals surface area contributed by atoms with E-state index in [4.69, 9.17) is 9.47 Å². The standard InChI is InChI=1S/C16H30O4/c1-5-6-7-8-9-10-11-15(18)20-13-16(3,4)12-19-14(2)17/h5-13H2,1-4H3. The molecule has 0 unspecified atom stereocenters. The third-order valence-corrected chi connectivity index (χ3v) is 3.02. The van der Waals surface area contributed by atoms with Crippen LogP contribution in [0.2, 0.25) is 0 Å². The highest BCUT2D eigenvalue weighted by Gasteiger charge is 2.22. The lowest BCUT2D eigenvalue weighted by molar-refractivity contribution is -0.151. The maximum absolute atomic E-state index is 11.6. The molecule has 0 aliphatic rings. The first kappa shape index (κ1) is 18.9. The summed E-state index contributed by atoms with van der Waals surface area (Å²) in [5.74, 6) is -0.465. The van der Waals surface area contributed by atoms with Crippen LogP contribution < -0.4 is 0 Å². The molecule has 118 valence electrons. The van der Waals surface area contributed by atoms with E-state index < -0.39 is 0 Å².